The Balaban J connectivity index is 1.99. The molecule has 1 unspecified atom stereocenters. The summed E-state index contributed by atoms with van der Waals surface area (Å²) in [6, 6.07) is 14.7. The van der Waals surface area contributed by atoms with Crippen LogP contribution < -0.4 is 10.1 Å². The summed E-state index contributed by atoms with van der Waals surface area (Å²) in [7, 11) is 0. The second kappa shape index (κ2) is 6.50. The van der Waals surface area contributed by atoms with Crippen LogP contribution in [0.5, 0.6) is 5.75 Å². The van der Waals surface area contributed by atoms with E-state index in [0.717, 1.165) is 36.8 Å². The average Bonchev–Trinajstić information content (AvgIpc) is 2.98. The van der Waals surface area contributed by atoms with Gasteiger partial charge in [-0.2, -0.15) is 0 Å². The third kappa shape index (κ3) is 3.07. The average molecular weight is 302 g/mol. The van der Waals surface area contributed by atoms with E-state index in [9.17, 15) is 0 Å². The van der Waals surface area contributed by atoms with Gasteiger partial charge in [0.15, 0.2) is 0 Å². The van der Waals surface area contributed by atoms with E-state index >= 15 is 0 Å². The lowest BCUT2D eigenvalue weighted by atomic mass is 9.95. The summed E-state index contributed by atoms with van der Waals surface area (Å²) >= 11 is 6.02. The molecule has 0 amide bonds. The Kier molecular flexibility index (Phi) is 4.47. The second-order valence-corrected chi connectivity index (χ2v) is 5.81. The van der Waals surface area contributed by atoms with Gasteiger partial charge in [0.2, 0.25) is 0 Å². The Morgan fingerprint density at radius 1 is 1.19 bits per heavy atom. The fourth-order valence-electron chi connectivity index (χ4n) is 2.82. The first-order valence-electron chi connectivity index (χ1n) is 7.53. The fourth-order valence-corrected chi connectivity index (χ4v) is 2.95. The quantitative estimate of drug-likeness (QED) is 0.886. The number of rotatable bonds is 5. The molecule has 1 atom stereocenters. The van der Waals surface area contributed by atoms with Crippen LogP contribution in [-0.2, 0) is 6.42 Å². The molecule has 3 rings (SSSR count). The molecule has 0 radical (unpaired) electrons. The summed E-state index contributed by atoms with van der Waals surface area (Å²) in [5.74, 6) is 1.06. The van der Waals surface area contributed by atoms with Gasteiger partial charge in [0.05, 0.1) is 12.6 Å². The highest BCUT2D eigenvalue weighted by atomic mass is 35.5. The van der Waals surface area contributed by atoms with Crippen LogP contribution in [0.15, 0.2) is 42.5 Å². The van der Waals surface area contributed by atoms with E-state index in [1.807, 2.05) is 12.1 Å². The summed E-state index contributed by atoms with van der Waals surface area (Å²) in [5.41, 5.74) is 3.75. The molecule has 110 valence electrons. The molecule has 1 heterocycles. The van der Waals surface area contributed by atoms with Gasteiger partial charge in [-0.05, 0) is 36.2 Å². The Bertz CT molecular complexity index is 609. The fraction of sp³-hybridized carbons (Fsp3) is 0.333. The van der Waals surface area contributed by atoms with Crippen LogP contribution in [0.4, 0.5) is 0 Å². The van der Waals surface area contributed by atoms with Gasteiger partial charge in [-0.3, -0.25) is 0 Å². The van der Waals surface area contributed by atoms with E-state index in [2.05, 4.69) is 42.6 Å². The SMILES string of the molecule is CCCNC(c1ccc(Cl)cc1)c1cccc2c1OCC2. The van der Waals surface area contributed by atoms with E-state index in [0.29, 0.717) is 0 Å². The van der Waals surface area contributed by atoms with Crippen LogP contribution in [0, 0.1) is 0 Å². The number of fused-ring (bicyclic) bond motifs is 1. The highest BCUT2D eigenvalue weighted by Crippen LogP contribution is 2.36. The molecule has 0 saturated carbocycles. The molecular formula is C18H20ClNO. The third-order valence-corrected chi connectivity index (χ3v) is 4.11. The molecule has 2 nitrogen and oxygen atoms in total. The monoisotopic (exact) mass is 301 g/mol. The molecule has 0 aromatic heterocycles. The molecule has 21 heavy (non-hydrogen) atoms. The number of para-hydroxylation sites is 1. The van der Waals surface area contributed by atoms with Crippen molar-refractivity contribution >= 4 is 11.6 Å². The highest BCUT2D eigenvalue weighted by molar-refractivity contribution is 6.30. The maximum absolute atomic E-state index is 6.02. The molecule has 0 aliphatic carbocycles. The van der Waals surface area contributed by atoms with Gasteiger partial charge < -0.3 is 10.1 Å². The zero-order valence-corrected chi connectivity index (χ0v) is 13.0. The Morgan fingerprint density at radius 2 is 2.00 bits per heavy atom. The number of benzene rings is 2. The lowest BCUT2D eigenvalue weighted by Gasteiger charge is -2.22. The Hall–Kier alpha value is -1.51. The van der Waals surface area contributed by atoms with Gasteiger partial charge in [-0.25, -0.2) is 0 Å². The third-order valence-electron chi connectivity index (χ3n) is 3.86. The highest BCUT2D eigenvalue weighted by Gasteiger charge is 2.22. The van der Waals surface area contributed by atoms with Crippen LogP contribution in [0.25, 0.3) is 0 Å². The number of hydrogen-bond donors (Lipinski definition) is 1. The van der Waals surface area contributed by atoms with Gasteiger partial charge in [0.25, 0.3) is 0 Å². The summed E-state index contributed by atoms with van der Waals surface area (Å²) in [6.45, 7) is 3.93. The summed E-state index contributed by atoms with van der Waals surface area (Å²) in [4.78, 5) is 0. The molecule has 0 spiro atoms. The topological polar surface area (TPSA) is 21.3 Å². The molecule has 2 aromatic carbocycles. The predicted molar refractivity (Wildman–Crippen MR) is 87.2 cm³/mol. The van der Waals surface area contributed by atoms with E-state index in [1.165, 1.54) is 16.7 Å². The van der Waals surface area contributed by atoms with Crippen molar-refractivity contribution < 1.29 is 4.74 Å². The molecule has 0 fully saturated rings. The van der Waals surface area contributed by atoms with Gasteiger partial charge >= 0.3 is 0 Å². The van der Waals surface area contributed by atoms with Crippen molar-refractivity contribution in [2.24, 2.45) is 0 Å². The molecular weight excluding hydrogens is 282 g/mol. The van der Waals surface area contributed by atoms with Crippen molar-refractivity contribution in [2.75, 3.05) is 13.2 Å². The van der Waals surface area contributed by atoms with Crippen LogP contribution in [0.3, 0.4) is 0 Å². The lowest BCUT2D eigenvalue weighted by molar-refractivity contribution is 0.350. The zero-order chi connectivity index (χ0) is 14.7. The van der Waals surface area contributed by atoms with Crippen molar-refractivity contribution in [1.82, 2.24) is 5.32 Å². The van der Waals surface area contributed by atoms with Crippen LogP contribution in [-0.4, -0.2) is 13.2 Å². The normalized spacial score (nSPS) is 14.6. The van der Waals surface area contributed by atoms with Gasteiger partial charge in [-0.15, -0.1) is 0 Å². The van der Waals surface area contributed by atoms with E-state index in [1.54, 1.807) is 0 Å². The minimum atomic E-state index is 0.148. The minimum absolute atomic E-state index is 0.148. The van der Waals surface area contributed by atoms with E-state index < -0.39 is 0 Å². The van der Waals surface area contributed by atoms with Crippen molar-refractivity contribution in [1.29, 1.82) is 0 Å². The van der Waals surface area contributed by atoms with Crippen LogP contribution in [0.1, 0.15) is 36.1 Å². The lowest BCUT2D eigenvalue weighted by Crippen LogP contribution is -2.23. The summed E-state index contributed by atoms with van der Waals surface area (Å²) in [5, 5.41) is 4.39. The molecule has 2 aromatic rings. The van der Waals surface area contributed by atoms with Crippen LogP contribution in [0.2, 0.25) is 5.02 Å². The van der Waals surface area contributed by atoms with Gasteiger partial charge in [-0.1, -0.05) is 48.9 Å². The number of hydrogen-bond acceptors (Lipinski definition) is 2. The standard InChI is InChI=1S/C18H20ClNO/c1-2-11-20-17(13-6-8-15(19)9-7-13)16-5-3-4-14-10-12-21-18(14)16/h3-9,17,20H,2,10-12H2,1H3. The molecule has 0 bridgehead atoms. The first-order chi connectivity index (χ1) is 10.3. The molecule has 0 saturated heterocycles. The summed E-state index contributed by atoms with van der Waals surface area (Å²) < 4.78 is 5.87. The molecule has 1 aliphatic rings. The predicted octanol–water partition coefficient (Wildman–Crippen LogP) is 4.36. The maximum atomic E-state index is 6.02. The largest absolute Gasteiger partial charge is 0.493 e. The van der Waals surface area contributed by atoms with Crippen molar-refractivity contribution in [2.45, 2.75) is 25.8 Å². The Morgan fingerprint density at radius 3 is 2.76 bits per heavy atom. The smallest absolute Gasteiger partial charge is 0.127 e. The second-order valence-electron chi connectivity index (χ2n) is 5.37. The Labute approximate surface area is 131 Å². The number of halogens is 1. The number of ether oxygens (including phenoxy) is 1. The van der Waals surface area contributed by atoms with Gasteiger partial charge in [0.1, 0.15) is 5.75 Å². The minimum Gasteiger partial charge on any atom is -0.493 e. The maximum Gasteiger partial charge on any atom is 0.127 e. The zero-order valence-electron chi connectivity index (χ0n) is 12.2. The van der Waals surface area contributed by atoms with Crippen LogP contribution >= 0.6 is 11.6 Å². The van der Waals surface area contributed by atoms with E-state index in [-0.39, 0.29) is 6.04 Å². The van der Waals surface area contributed by atoms with Crippen molar-refractivity contribution in [3.8, 4) is 5.75 Å². The first kappa shape index (κ1) is 14.4. The van der Waals surface area contributed by atoms with E-state index in [4.69, 9.17) is 16.3 Å². The van der Waals surface area contributed by atoms with Gasteiger partial charge in [0, 0.05) is 17.0 Å². The van der Waals surface area contributed by atoms with Crippen molar-refractivity contribution in [3.63, 3.8) is 0 Å². The van der Waals surface area contributed by atoms with Crippen molar-refractivity contribution in [3.05, 3.63) is 64.2 Å². The molecule has 1 aliphatic heterocycles. The number of nitrogens with one attached hydrogen (secondary N) is 1. The molecule has 3 heteroatoms. The summed E-state index contributed by atoms with van der Waals surface area (Å²) in [6.07, 6.45) is 2.10. The molecule has 1 N–H and O–H groups in total. The first-order valence-corrected chi connectivity index (χ1v) is 7.91.